The van der Waals surface area contributed by atoms with Crippen LogP contribution >= 0.6 is 0 Å². The Bertz CT molecular complexity index is 769. The second-order valence-electron chi connectivity index (χ2n) is 4.23. The van der Waals surface area contributed by atoms with Gasteiger partial charge in [0, 0.05) is 28.8 Å². The number of rotatable bonds is 3. The number of nitrogens with zero attached hydrogens (tertiary/aromatic N) is 3. The topological polar surface area (TPSA) is 116 Å². The van der Waals surface area contributed by atoms with E-state index in [2.05, 4.69) is 4.98 Å². The molecule has 8 nitrogen and oxygen atoms in total. The smallest absolute Gasteiger partial charge is 0.294 e. The number of carbonyl (C=O) groups is 1. The molecule has 0 atom stereocenters. The first-order valence-corrected chi connectivity index (χ1v) is 5.56. The molecular weight excluding hydrogens is 266 g/mol. The highest BCUT2D eigenvalue weighted by Gasteiger charge is 2.25. The third-order valence-corrected chi connectivity index (χ3v) is 2.87. The van der Waals surface area contributed by atoms with E-state index in [1.807, 2.05) is 0 Å². The van der Waals surface area contributed by atoms with Gasteiger partial charge in [-0.3, -0.25) is 30.0 Å². The summed E-state index contributed by atoms with van der Waals surface area (Å²) < 4.78 is 0. The van der Waals surface area contributed by atoms with Gasteiger partial charge >= 0.3 is 11.4 Å². The van der Waals surface area contributed by atoms with Crippen LogP contribution in [-0.4, -0.2) is 20.6 Å². The van der Waals surface area contributed by atoms with Crippen LogP contribution in [0.25, 0.3) is 10.9 Å². The Labute approximate surface area is 112 Å². The number of benzene rings is 1. The Hall–Kier alpha value is -2.90. The Balaban J connectivity index is 2.84. The zero-order chi connectivity index (χ0) is 15.0. The molecule has 1 aromatic heterocycles. The summed E-state index contributed by atoms with van der Waals surface area (Å²) in [6.07, 6.45) is 0. The molecule has 2 rings (SSSR count). The summed E-state index contributed by atoms with van der Waals surface area (Å²) in [6.45, 7) is 2.96. The maximum Gasteiger partial charge on any atom is 0.348 e. The summed E-state index contributed by atoms with van der Waals surface area (Å²) >= 11 is 0. The number of Topliss-reactive ketones (excluding diaryl/α,β-unsaturated/α-hetero) is 1. The highest BCUT2D eigenvalue weighted by Crippen LogP contribution is 2.31. The van der Waals surface area contributed by atoms with Gasteiger partial charge in [0.25, 0.3) is 0 Å². The number of nitro benzene ring substituents is 2. The van der Waals surface area contributed by atoms with Crippen molar-refractivity contribution >= 4 is 28.1 Å². The molecule has 8 heteroatoms. The molecule has 0 saturated carbocycles. The number of nitro groups is 2. The molecule has 0 bridgehead atoms. The average Bonchev–Trinajstić information content (AvgIpc) is 2.35. The van der Waals surface area contributed by atoms with Gasteiger partial charge in [0.2, 0.25) is 0 Å². The van der Waals surface area contributed by atoms with Gasteiger partial charge in [-0.1, -0.05) is 0 Å². The van der Waals surface area contributed by atoms with E-state index in [4.69, 9.17) is 0 Å². The van der Waals surface area contributed by atoms with Gasteiger partial charge in [-0.05, 0) is 19.9 Å². The van der Waals surface area contributed by atoms with Crippen LogP contribution in [0.1, 0.15) is 23.0 Å². The van der Waals surface area contributed by atoms with E-state index in [0.29, 0.717) is 16.6 Å². The first-order chi connectivity index (χ1) is 9.31. The fourth-order valence-electron chi connectivity index (χ4n) is 1.94. The van der Waals surface area contributed by atoms with Crippen molar-refractivity contribution in [3.05, 3.63) is 49.7 Å². The van der Waals surface area contributed by atoms with Crippen LogP contribution in [0.5, 0.6) is 0 Å². The van der Waals surface area contributed by atoms with E-state index < -0.39 is 21.2 Å². The zero-order valence-electron chi connectivity index (χ0n) is 10.6. The number of hydrogen-bond acceptors (Lipinski definition) is 6. The molecule has 0 aliphatic carbocycles. The lowest BCUT2D eigenvalue weighted by Crippen LogP contribution is -2.01. The second kappa shape index (κ2) is 4.65. The number of pyridine rings is 1. The van der Waals surface area contributed by atoms with Crippen molar-refractivity contribution in [3.8, 4) is 0 Å². The SMILES string of the molecule is CC(=O)c1cc2cc([N+](=O)[O-])c([N+](=O)[O-])cc2nc1C. The van der Waals surface area contributed by atoms with Crippen LogP contribution in [-0.2, 0) is 0 Å². The number of carbonyl (C=O) groups excluding carboxylic acids is 1. The van der Waals surface area contributed by atoms with E-state index >= 15 is 0 Å². The Kier molecular flexibility index (Phi) is 3.15. The fourth-order valence-corrected chi connectivity index (χ4v) is 1.94. The molecule has 0 aliphatic rings. The summed E-state index contributed by atoms with van der Waals surface area (Å²) in [5.74, 6) is -0.224. The van der Waals surface area contributed by atoms with Crippen LogP contribution in [0.4, 0.5) is 11.4 Å². The summed E-state index contributed by atoms with van der Waals surface area (Å²) in [5, 5.41) is 22.0. The minimum atomic E-state index is -0.829. The molecule has 0 amide bonds. The number of aromatic nitrogens is 1. The van der Waals surface area contributed by atoms with Crippen molar-refractivity contribution in [1.82, 2.24) is 4.98 Å². The number of ketones is 1. The van der Waals surface area contributed by atoms with Crippen LogP contribution in [0.15, 0.2) is 18.2 Å². The maximum atomic E-state index is 11.4. The van der Waals surface area contributed by atoms with Gasteiger partial charge < -0.3 is 0 Å². The van der Waals surface area contributed by atoms with E-state index in [1.54, 1.807) is 6.92 Å². The Morgan fingerprint density at radius 1 is 1.10 bits per heavy atom. The largest absolute Gasteiger partial charge is 0.348 e. The molecule has 0 saturated heterocycles. The Morgan fingerprint density at radius 3 is 2.15 bits per heavy atom. The van der Waals surface area contributed by atoms with Crippen LogP contribution in [0.2, 0.25) is 0 Å². The van der Waals surface area contributed by atoms with Crippen molar-refractivity contribution < 1.29 is 14.6 Å². The third-order valence-electron chi connectivity index (χ3n) is 2.87. The number of fused-ring (bicyclic) bond motifs is 1. The number of hydrogen-bond donors (Lipinski definition) is 0. The first-order valence-electron chi connectivity index (χ1n) is 5.56. The third kappa shape index (κ3) is 2.18. The molecule has 0 radical (unpaired) electrons. The highest BCUT2D eigenvalue weighted by atomic mass is 16.6. The normalized spacial score (nSPS) is 10.5. The van der Waals surface area contributed by atoms with E-state index in [1.165, 1.54) is 13.0 Å². The van der Waals surface area contributed by atoms with Crippen molar-refractivity contribution in [3.63, 3.8) is 0 Å². The molecular formula is C12H9N3O5. The summed E-state index contributed by atoms with van der Waals surface area (Å²) in [6, 6.07) is 3.56. The van der Waals surface area contributed by atoms with Crippen LogP contribution in [0.3, 0.4) is 0 Å². The van der Waals surface area contributed by atoms with Gasteiger partial charge in [0.1, 0.15) is 0 Å². The summed E-state index contributed by atoms with van der Waals surface area (Å²) in [4.78, 5) is 35.6. The van der Waals surface area contributed by atoms with Gasteiger partial charge in [-0.15, -0.1) is 0 Å². The molecule has 0 unspecified atom stereocenters. The average molecular weight is 275 g/mol. The predicted octanol–water partition coefficient (Wildman–Crippen LogP) is 2.56. The van der Waals surface area contributed by atoms with Gasteiger partial charge in [0.15, 0.2) is 5.78 Å². The molecule has 1 aromatic carbocycles. The lowest BCUT2D eigenvalue weighted by molar-refractivity contribution is -0.422. The molecule has 0 N–H and O–H groups in total. The van der Waals surface area contributed by atoms with Gasteiger partial charge in [-0.25, -0.2) is 0 Å². The Morgan fingerprint density at radius 2 is 1.65 bits per heavy atom. The minimum absolute atomic E-state index is 0.224. The lowest BCUT2D eigenvalue weighted by atomic mass is 10.1. The van der Waals surface area contributed by atoms with Gasteiger partial charge in [0.05, 0.1) is 15.4 Å². The lowest BCUT2D eigenvalue weighted by Gasteiger charge is -2.04. The standard InChI is InChI=1S/C12H9N3O5/c1-6-9(7(2)16)3-8-4-11(14(17)18)12(15(19)20)5-10(8)13-6/h3-5H,1-2H3. The quantitative estimate of drug-likeness (QED) is 0.482. The van der Waals surface area contributed by atoms with Crippen LogP contribution in [0, 0.1) is 27.2 Å². The summed E-state index contributed by atoms with van der Waals surface area (Å²) in [5.41, 5.74) is -0.244. The van der Waals surface area contributed by atoms with E-state index in [0.717, 1.165) is 12.1 Å². The minimum Gasteiger partial charge on any atom is -0.294 e. The van der Waals surface area contributed by atoms with Crippen molar-refractivity contribution in [2.45, 2.75) is 13.8 Å². The molecule has 102 valence electrons. The highest BCUT2D eigenvalue weighted by molar-refractivity contribution is 5.99. The molecule has 0 fully saturated rings. The predicted molar refractivity (Wildman–Crippen MR) is 69.8 cm³/mol. The van der Waals surface area contributed by atoms with Crippen molar-refractivity contribution in [2.75, 3.05) is 0 Å². The molecule has 2 aromatic rings. The van der Waals surface area contributed by atoms with E-state index in [-0.39, 0.29) is 11.3 Å². The van der Waals surface area contributed by atoms with Crippen molar-refractivity contribution in [1.29, 1.82) is 0 Å². The molecule has 1 heterocycles. The van der Waals surface area contributed by atoms with Crippen LogP contribution < -0.4 is 0 Å². The van der Waals surface area contributed by atoms with E-state index in [9.17, 15) is 25.0 Å². The maximum absolute atomic E-state index is 11.4. The molecule has 0 spiro atoms. The second-order valence-corrected chi connectivity index (χ2v) is 4.23. The molecule has 0 aliphatic heterocycles. The number of aryl methyl sites for hydroxylation is 1. The van der Waals surface area contributed by atoms with Crippen molar-refractivity contribution in [2.24, 2.45) is 0 Å². The first kappa shape index (κ1) is 13.5. The zero-order valence-corrected chi connectivity index (χ0v) is 10.6. The summed E-state index contributed by atoms with van der Waals surface area (Å²) in [7, 11) is 0. The molecule has 20 heavy (non-hydrogen) atoms. The fraction of sp³-hybridized carbons (Fsp3) is 0.167. The monoisotopic (exact) mass is 275 g/mol. The van der Waals surface area contributed by atoms with Gasteiger partial charge in [-0.2, -0.15) is 0 Å².